The molecule has 1 heterocycles. The Hall–Kier alpha value is -1.08. The molecule has 2 rings (SSSR count). The molecule has 1 atom stereocenters. The van der Waals surface area contributed by atoms with Gasteiger partial charge in [0, 0.05) is 37.7 Å². The molecule has 4 heteroatoms. The van der Waals surface area contributed by atoms with E-state index >= 15 is 0 Å². The summed E-state index contributed by atoms with van der Waals surface area (Å²) in [4.78, 5) is 2.31. The van der Waals surface area contributed by atoms with E-state index in [0.29, 0.717) is 5.02 Å². The fraction of sp³-hybridized carbons (Fsp3) is 0.462. The molecule has 1 aromatic carbocycles. The highest BCUT2D eigenvalue weighted by Crippen LogP contribution is 2.24. The molecular weight excluding hydrogens is 234 g/mol. The molecule has 0 aromatic heterocycles. The van der Waals surface area contributed by atoms with E-state index < -0.39 is 0 Å². The minimum absolute atomic E-state index is 0.137. The summed E-state index contributed by atoms with van der Waals surface area (Å²) in [6.45, 7) is 4.77. The summed E-state index contributed by atoms with van der Waals surface area (Å²) in [5.74, 6) is -0.137. The van der Waals surface area contributed by atoms with Crippen LogP contribution >= 0.6 is 11.6 Å². The first kappa shape index (κ1) is 12.4. The maximum absolute atomic E-state index is 9.28. The van der Waals surface area contributed by atoms with Crippen molar-refractivity contribution in [1.29, 1.82) is 5.26 Å². The summed E-state index contributed by atoms with van der Waals surface area (Å²) < 4.78 is 0. The van der Waals surface area contributed by atoms with Crippen molar-refractivity contribution in [2.75, 3.05) is 32.7 Å². The topological polar surface area (TPSA) is 39.1 Å². The zero-order valence-electron chi connectivity index (χ0n) is 9.69. The lowest BCUT2D eigenvalue weighted by molar-refractivity contribution is 0.237. The van der Waals surface area contributed by atoms with Crippen molar-refractivity contribution < 1.29 is 0 Å². The van der Waals surface area contributed by atoms with Crippen LogP contribution in [0.15, 0.2) is 24.3 Å². The summed E-state index contributed by atoms with van der Waals surface area (Å²) in [7, 11) is 0. The van der Waals surface area contributed by atoms with Gasteiger partial charge in [-0.05, 0) is 11.6 Å². The van der Waals surface area contributed by atoms with Gasteiger partial charge in [0.15, 0.2) is 0 Å². The fourth-order valence-electron chi connectivity index (χ4n) is 2.12. The summed E-state index contributed by atoms with van der Waals surface area (Å²) in [5.41, 5.74) is 0.940. The Bertz CT molecular complexity index is 407. The Labute approximate surface area is 107 Å². The van der Waals surface area contributed by atoms with E-state index in [9.17, 15) is 5.26 Å². The quantitative estimate of drug-likeness (QED) is 0.889. The SMILES string of the molecule is N#CC(CN1CCNCC1)c1ccccc1Cl. The molecule has 0 radical (unpaired) electrons. The normalized spacial score (nSPS) is 18.6. The second-order valence-electron chi connectivity index (χ2n) is 4.25. The van der Waals surface area contributed by atoms with Crippen LogP contribution < -0.4 is 5.32 Å². The van der Waals surface area contributed by atoms with Crippen LogP contribution in [0.25, 0.3) is 0 Å². The Balaban J connectivity index is 2.06. The van der Waals surface area contributed by atoms with Crippen LogP contribution in [0, 0.1) is 11.3 Å². The number of hydrogen-bond acceptors (Lipinski definition) is 3. The van der Waals surface area contributed by atoms with Crippen molar-refractivity contribution in [3.8, 4) is 6.07 Å². The number of nitriles is 1. The standard InChI is InChI=1S/C13H16ClN3/c14-13-4-2-1-3-12(13)11(9-15)10-17-7-5-16-6-8-17/h1-4,11,16H,5-8,10H2. The lowest BCUT2D eigenvalue weighted by Crippen LogP contribution is -2.44. The van der Waals surface area contributed by atoms with Gasteiger partial charge in [-0.3, -0.25) is 4.90 Å². The van der Waals surface area contributed by atoms with Gasteiger partial charge in [0.05, 0.1) is 12.0 Å². The zero-order chi connectivity index (χ0) is 12.1. The number of rotatable bonds is 3. The maximum atomic E-state index is 9.28. The Morgan fingerprint density at radius 3 is 2.71 bits per heavy atom. The monoisotopic (exact) mass is 249 g/mol. The van der Waals surface area contributed by atoms with Crippen molar-refractivity contribution in [2.24, 2.45) is 0 Å². The van der Waals surface area contributed by atoms with E-state index in [1.807, 2.05) is 24.3 Å². The third-order valence-electron chi connectivity index (χ3n) is 3.09. The summed E-state index contributed by atoms with van der Waals surface area (Å²) >= 11 is 6.13. The number of benzene rings is 1. The first-order valence-corrected chi connectivity index (χ1v) is 6.26. The lowest BCUT2D eigenvalue weighted by Gasteiger charge is -2.29. The molecule has 1 aromatic rings. The molecule has 1 N–H and O–H groups in total. The zero-order valence-corrected chi connectivity index (χ0v) is 10.5. The van der Waals surface area contributed by atoms with Crippen LogP contribution in [0.3, 0.4) is 0 Å². The summed E-state index contributed by atoms with van der Waals surface area (Å²) in [6.07, 6.45) is 0. The molecule has 1 aliphatic rings. The van der Waals surface area contributed by atoms with Gasteiger partial charge >= 0.3 is 0 Å². The highest BCUT2D eigenvalue weighted by Gasteiger charge is 2.19. The van der Waals surface area contributed by atoms with Gasteiger partial charge < -0.3 is 5.32 Å². The number of nitrogens with zero attached hydrogens (tertiary/aromatic N) is 2. The van der Waals surface area contributed by atoms with Crippen molar-refractivity contribution >= 4 is 11.6 Å². The molecule has 0 aliphatic carbocycles. The number of halogens is 1. The molecule has 0 saturated carbocycles. The molecule has 90 valence electrons. The van der Waals surface area contributed by atoms with E-state index in [1.54, 1.807) is 0 Å². The molecule has 1 fully saturated rings. The second kappa shape index (κ2) is 6.02. The molecule has 0 amide bonds. The number of hydrogen-bond donors (Lipinski definition) is 1. The van der Waals surface area contributed by atoms with E-state index in [0.717, 1.165) is 38.3 Å². The number of piperazine rings is 1. The van der Waals surface area contributed by atoms with Gasteiger partial charge in [0.2, 0.25) is 0 Å². The van der Waals surface area contributed by atoms with E-state index in [4.69, 9.17) is 11.6 Å². The van der Waals surface area contributed by atoms with Crippen LogP contribution in [-0.2, 0) is 0 Å². The van der Waals surface area contributed by atoms with Crippen LogP contribution in [0.2, 0.25) is 5.02 Å². The molecule has 1 aliphatic heterocycles. The number of nitrogens with one attached hydrogen (secondary N) is 1. The van der Waals surface area contributed by atoms with Crippen molar-refractivity contribution in [1.82, 2.24) is 10.2 Å². The van der Waals surface area contributed by atoms with Crippen molar-refractivity contribution in [3.05, 3.63) is 34.9 Å². The highest BCUT2D eigenvalue weighted by molar-refractivity contribution is 6.31. The van der Waals surface area contributed by atoms with Gasteiger partial charge in [-0.2, -0.15) is 5.26 Å². The highest BCUT2D eigenvalue weighted by atomic mass is 35.5. The van der Waals surface area contributed by atoms with Crippen molar-refractivity contribution in [2.45, 2.75) is 5.92 Å². The predicted molar refractivity (Wildman–Crippen MR) is 69.1 cm³/mol. The Morgan fingerprint density at radius 1 is 1.35 bits per heavy atom. The second-order valence-corrected chi connectivity index (χ2v) is 4.66. The lowest BCUT2D eigenvalue weighted by atomic mass is 10.00. The first-order chi connectivity index (χ1) is 8.31. The van der Waals surface area contributed by atoms with E-state index in [-0.39, 0.29) is 5.92 Å². The van der Waals surface area contributed by atoms with E-state index in [1.165, 1.54) is 0 Å². The average molecular weight is 250 g/mol. The molecule has 1 unspecified atom stereocenters. The minimum atomic E-state index is -0.137. The molecular formula is C13H16ClN3. The van der Waals surface area contributed by atoms with Crippen molar-refractivity contribution in [3.63, 3.8) is 0 Å². The molecule has 17 heavy (non-hydrogen) atoms. The summed E-state index contributed by atoms with van der Waals surface area (Å²) in [5, 5.41) is 13.3. The first-order valence-electron chi connectivity index (χ1n) is 5.88. The van der Waals surface area contributed by atoms with Gasteiger partial charge in [-0.25, -0.2) is 0 Å². The van der Waals surface area contributed by atoms with Crippen LogP contribution in [-0.4, -0.2) is 37.6 Å². The Morgan fingerprint density at radius 2 is 2.06 bits per heavy atom. The maximum Gasteiger partial charge on any atom is 0.0854 e. The van der Waals surface area contributed by atoms with Crippen LogP contribution in [0.4, 0.5) is 0 Å². The molecule has 0 spiro atoms. The Kier molecular flexibility index (Phi) is 4.38. The van der Waals surface area contributed by atoms with Crippen LogP contribution in [0.1, 0.15) is 11.5 Å². The third kappa shape index (κ3) is 3.19. The van der Waals surface area contributed by atoms with E-state index in [2.05, 4.69) is 16.3 Å². The van der Waals surface area contributed by atoms with Crippen LogP contribution in [0.5, 0.6) is 0 Å². The van der Waals surface area contributed by atoms with Gasteiger partial charge in [-0.15, -0.1) is 0 Å². The largest absolute Gasteiger partial charge is 0.314 e. The minimum Gasteiger partial charge on any atom is -0.314 e. The fourth-order valence-corrected chi connectivity index (χ4v) is 2.39. The molecule has 1 saturated heterocycles. The molecule has 3 nitrogen and oxygen atoms in total. The average Bonchev–Trinajstić information content (AvgIpc) is 2.38. The van der Waals surface area contributed by atoms with Gasteiger partial charge in [0.1, 0.15) is 0 Å². The van der Waals surface area contributed by atoms with Gasteiger partial charge in [-0.1, -0.05) is 29.8 Å². The third-order valence-corrected chi connectivity index (χ3v) is 3.43. The summed E-state index contributed by atoms with van der Waals surface area (Å²) in [6, 6.07) is 9.98. The predicted octanol–water partition coefficient (Wildman–Crippen LogP) is 1.85. The molecule has 0 bridgehead atoms. The smallest absolute Gasteiger partial charge is 0.0854 e. The van der Waals surface area contributed by atoms with Gasteiger partial charge in [0.25, 0.3) is 0 Å².